The number of aromatic nitrogens is 4. The maximum atomic E-state index is 14.3. The van der Waals surface area contributed by atoms with Crippen molar-refractivity contribution in [3.8, 4) is 11.5 Å². The third-order valence-corrected chi connectivity index (χ3v) is 11.2. The Hall–Kier alpha value is -3.07. The molecule has 9 rings (SSSR count). The van der Waals surface area contributed by atoms with Gasteiger partial charge < -0.3 is 13.9 Å². The quantitative estimate of drug-likeness (QED) is 0.277. The van der Waals surface area contributed by atoms with Crippen LogP contribution in [0.15, 0.2) is 33.3 Å². The van der Waals surface area contributed by atoms with Crippen molar-refractivity contribution in [1.29, 1.82) is 0 Å². The lowest BCUT2D eigenvalue weighted by Gasteiger charge is -2.53. The molecule has 3 aromatic rings. The maximum absolute atomic E-state index is 14.3. The van der Waals surface area contributed by atoms with Gasteiger partial charge in [0.25, 0.3) is 5.89 Å². The lowest BCUT2D eigenvalue weighted by molar-refractivity contribution is -0.121. The van der Waals surface area contributed by atoms with Gasteiger partial charge in [0.2, 0.25) is 11.8 Å². The number of amides is 1. The first-order valence-electron chi connectivity index (χ1n) is 16.6. The first-order valence-corrected chi connectivity index (χ1v) is 16.6. The number of carbonyl (C=O) groups is 1. The standard InChI is InChI=1S/C34H44N6O3/c1-32(2)11-4-18-39(21-32)20-27(41)40(26-6-3-5-25(19-26)30-35-28(37-42-30)23-7-8-23)22-33-12-15-34(16-13-33,17-14-33)31-36-29(38-43-31)24-9-10-24/h3,5-6,19,23-24H,4,7-18,20-22H2,1-2H3. The Morgan fingerprint density at radius 3 is 2.33 bits per heavy atom. The van der Waals surface area contributed by atoms with Gasteiger partial charge in [-0.3, -0.25) is 9.69 Å². The summed E-state index contributed by atoms with van der Waals surface area (Å²) in [4.78, 5) is 28.3. The lowest BCUT2D eigenvalue weighted by Crippen LogP contribution is -2.53. The molecule has 0 spiro atoms. The molecule has 9 nitrogen and oxygen atoms in total. The molecule has 6 fully saturated rings. The van der Waals surface area contributed by atoms with Gasteiger partial charge in [-0.1, -0.05) is 30.2 Å². The van der Waals surface area contributed by atoms with Gasteiger partial charge in [-0.25, -0.2) is 0 Å². The summed E-state index contributed by atoms with van der Waals surface area (Å²) >= 11 is 0. The van der Waals surface area contributed by atoms with Gasteiger partial charge >= 0.3 is 0 Å². The minimum Gasteiger partial charge on any atom is -0.339 e. The third-order valence-electron chi connectivity index (χ3n) is 11.2. The van der Waals surface area contributed by atoms with Crippen LogP contribution in [0.2, 0.25) is 0 Å². The predicted molar refractivity (Wildman–Crippen MR) is 162 cm³/mol. The molecule has 1 aliphatic heterocycles. The number of anilines is 1. The van der Waals surface area contributed by atoms with Crippen molar-refractivity contribution in [3.05, 3.63) is 41.8 Å². The molecule has 2 bridgehead atoms. The zero-order valence-electron chi connectivity index (χ0n) is 25.7. The van der Waals surface area contributed by atoms with Crippen LogP contribution in [0.3, 0.4) is 0 Å². The molecular weight excluding hydrogens is 540 g/mol. The Balaban J connectivity index is 1.04. The first kappa shape index (κ1) is 27.5. The van der Waals surface area contributed by atoms with Crippen LogP contribution in [-0.4, -0.2) is 57.3 Å². The number of benzene rings is 1. The molecule has 6 aliphatic rings. The van der Waals surface area contributed by atoms with E-state index in [4.69, 9.17) is 19.0 Å². The minimum absolute atomic E-state index is 0.00719. The van der Waals surface area contributed by atoms with Crippen molar-refractivity contribution in [3.63, 3.8) is 0 Å². The Labute approximate surface area is 253 Å². The Bertz CT molecular complexity index is 1480. The summed E-state index contributed by atoms with van der Waals surface area (Å²) in [6.07, 6.45) is 13.3. The van der Waals surface area contributed by atoms with Crippen molar-refractivity contribution >= 4 is 11.6 Å². The van der Waals surface area contributed by atoms with Crippen LogP contribution in [0.4, 0.5) is 5.69 Å². The number of hydrogen-bond donors (Lipinski definition) is 0. The smallest absolute Gasteiger partial charge is 0.258 e. The summed E-state index contributed by atoms with van der Waals surface area (Å²) in [7, 11) is 0. The van der Waals surface area contributed by atoms with E-state index >= 15 is 0 Å². The third kappa shape index (κ3) is 5.42. The molecule has 5 saturated carbocycles. The number of rotatable bonds is 9. The predicted octanol–water partition coefficient (Wildman–Crippen LogP) is 6.62. The molecule has 0 radical (unpaired) electrons. The molecule has 0 atom stereocenters. The Kier molecular flexibility index (Phi) is 6.55. The van der Waals surface area contributed by atoms with Crippen LogP contribution in [0.5, 0.6) is 0 Å². The monoisotopic (exact) mass is 584 g/mol. The minimum atomic E-state index is 0.00719. The molecule has 1 amide bonds. The summed E-state index contributed by atoms with van der Waals surface area (Å²) in [6, 6.07) is 8.18. The highest BCUT2D eigenvalue weighted by Crippen LogP contribution is 2.58. The molecule has 3 heterocycles. The van der Waals surface area contributed by atoms with Crippen molar-refractivity contribution in [1.82, 2.24) is 25.2 Å². The van der Waals surface area contributed by atoms with E-state index in [-0.39, 0.29) is 22.2 Å². The van der Waals surface area contributed by atoms with Crippen LogP contribution in [0, 0.1) is 10.8 Å². The highest BCUT2D eigenvalue weighted by atomic mass is 16.5. The molecule has 1 aromatic carbocycles. The zero-order chi connectivity index (χ0) is 29.2. The fourth-order valence-corrected chi connectivity index (χ4v) is 8.06. The molecule has 9 heteroatoms. The summed E-state index contributed by atoms with van der Waals surface area (Å²) in [5.74, 6) is 4.24. The number of fused-ring (bicyclic) bond motifs is 3. The van der Waals surface area contributed by atoms with E-state index in [0.717, 1.165) is 106 Å². The van der Waals surface area contributed by atoms with Crippen molar-refractivity contribution in [2.45, 2.75) is 108 Å². The van der Waals surface area contributed by atoms with E-state index in [1.807, 2.05) is 12.1 Å². The van der Waals surface area contributed by atoms with Gasteiger partial charge in [-0.15, -0.1) is 0 Å². The highest BCUT2D eigenvalue weighted by Gasteiger charge is 2.53. The molecular formula is C34H44N6O3. The highest BCUT2D eigenvalue weighted by molar-refractivity contribution is 5.95. The van der Waals surface area contributed by atoms with Crippen molar-refractivity contribution in [2.75, 3.05) is 31.1 Å². The summed E-state index contributed by atoms with van der Waals surface area (Å²) in [6.45, 7) is 7.76. The molecule has 0 unspecified atom stereocenters. The van der Waals surface area contributed by atoms with Gasteiger partial charge in [-0.2, -0.15) is 9.97 Å². The van der Waals surface area contributed by atoms with Crippen LogP contribution < -0.4 is 4.90 Å². The number of piperidine rings is 1. The lowest BCUT2D eigenvalue weighted by atomic mass is 9.53. The Morgan fingerprint density at radius 1 is 0.930 bits per heavy atom. The van der Waals surface area contributed by atoms with E-state index in [0.29, 0.717) is 24.3 Å². The van der Waals surface area contributed by atoms with Gasteiger partial charge in [-0.05, 0) is 113 Å². The van der Waals surface area contributed by atoms with E-state index in [9.17, 15) is 4.79 Å². The van der Waals surface area contributed by atoms with E-state index in [2.05, 4.69) is 46.1 Å². The van der Waals surface area contributed by atoms with Gasteiger partial charge in [0.15, 0.2) is 11.6 Å². The SMILES string of the molecule is CC1(C)CCCN(CC(=O)N(CC23CCC(c4nc(C5CC5)no4)(CC2)CC3)c2cccc(-c3nc(C4CC4)no3)c2)C1. The fourth-order valence-electron chi connectivity index (χ4n) is 8.06. The largest absolute Gasteiger partial charge is 0.339 e. The van der Waals surface area contributed by atoms with E-state index in [1.165, 1.54) is 19.3 Å². The van der Waals surface area contributed by atoms with Crippen LogP contribution in [0.25, 0.3) is 11.5 Å². The summed E-state index contributed by atoms with van der Waals surface area (Å²) in [5.41, 5.74) is 2.14. The number of nitrogens with zero attached hydrogens (tertiary/aromatic N) is 6. The van der Waals surface area contributed by atoms with Crippen LogP contribution in [0.1, 0.15) is 120 Å². The summed E-state index contributed by atoms with van der Waals surface area (Å²) in [5, 5.41) is 8.58. The number of hydrogen-bond acceptors (Lipinski definition) is 8. The summed E-state index contributed by atoms with van der Waals surface area (Å²) < 4.78 is 11.5. The molecule has 2 aromatic heterocycles. The fraction of sp³-hybridized carbons (Fsp3) is 0.676. The van der Waals surface area contributed by atoms with Crippen LogP contribution >= 0.6 is 0 Å². The normalized spacial score (nSPS) is 28.7. The van der Waals surface area contributed by atoms with Crippen molar-refractivity contribution in [2.24, 2.45) is 10.8 Å². The topological polar surface area (TPSA) is 101 Å². The first-order chi connectivity index (χ1) is 20.8. The average Bonchev–Trinajstić information content (AvgIpc) is 3.95. The Morgan fingerprint density at radius 2 is 1.63 bits per heavy atom. The second-order valence-corrected chi connectivity index (χ2v) is 15.3. The number of carbonyl (C=O) groups excluding carboxylic acids is 1. The second kappa shape index (κ2) is 10.2. The number of likely N-dealkylation sites (tertiary alicyclic amines) is 1. The molecule has 0 N–H and O–H groups in total. The maximum Gasteiger partial charge on any atom is 0.258 e. The second-order valence-electron chi connectivity index (χ2n) is 15.3. The van der Waals surface area contributed by atoms with Gasteiger partial charge in [0.1, 0.15) is 0 Å². The van der Waals surface area contributed by atoms with Crippen molar-refractivity contribution < 1.29 is 13.8 Å². The average molecular weight is 585 g/mol. The molecule has 228 valence electrons. The van der Waals surface area contributed by atoms with Crippen LogP contribution in [-0.2, 0) is 10.2 Å². The molecule has 43 heavy (non-hydrogen) atoms. The van der Waals surface area contributed by atoms with Gasteiger partial charge in [0, 0.05) is 41.6 Å². The molecule has 1 saturated heterocycles. The van der Waals surface area contributed by atoms with E-state index < -0.39 is 0 Å². The molecule has 5 aliphatic carbocycles. The zero-order valence-corrected chi connectivity index (χ0v) is 25.7. The van der Waals surface area contributed by atoms with E-state index in [1.54, 1.807) is 0 Å². The van der Waals surface area contributed by atoms with Gasteiger partial charge in [0.05, 0.1) is 6.54 Å².